The number of hydrogen-bond donors (Lipinski definition) is 1. The van der Waals surface area contributed by atoms with Crippen molar-refractivity contribution >= 4 is 22.8 Å². The van der Waals surface area contributed by atoms with Crippen LogP contribution in [0.15, 0.2) is 24.5 Å². The summed E-state index contributed by atoms with van der Waals surface area (Å²) in [6.45, 7) is 2.50. The van der Waals surface area contributed by atoms with Crippen LogP contribution in [0, 0.1) is 5.41 Å². The SMILES string of the molecule is O=C(O)N1CC2(CCN(c3ncnc4ccc(CC(F)(F)F)cc34)CC2)C1. The van der Waals surface area contributed by atoms with E-state index in [1.807, 2.05) is 0 Å². The van der Waals surface area contributed by atoms with Gasteiger partial charge in [0.15, 0.2) is 0 Å². The van der Waals surface area contributed by atoms with Crippen LogP contribution in [-0.2, 0) is 6.42 Å². The fourth-order valence-electron chi connectivity index (χ4n) is 4.09. The van der Waals surface area contributed by atoms with Gasteiger partial charge in [-0.05, 0) is 30.5 Å². The molecular weight excluding hydrogens is 361 g/mol. The molecule has 6 nitrogen and oxygen atoms in total. The number of fused-ring (bicyclic) bond motifs is 1. The molecule has 144 valence electrons. The molecule has 2 aromatic rings. The maximum atomic E-state index is 12.7. The Morgan fingerprint density at radius 2 is 1.89 bits per heavy atom. The molecule has 1 spiro atoms. The maximum Gasteiger partial charge on any atom is 0.407 e. The summed E-state index contributed by atoms with van der Waals surface area (Å²) in [7, 11) is 0. The lowest BCUT2D eigenvalue weighted by Crippen LogP contribution is -2.61. The smallest absolute Gasteiger partial charge is 0.407 e. The van der Waals surface area contributed by atoms with Gasteiger partial charge in [-0.1, -0.05) is 6.07 Å². The number of amides is 1. The zero-order chi connectivity index (χ0) is 19.2. The Hall–Kier alpha value is -2.58. The highest BCUT2D eigenvalue weighted by Crippen LogP contribution is 2.41. The highest BCUT2D eigenvalue weighted by molar-refractivity contribution is 5.90. The van der Waals surface area contributed by atoms with E-state index >= 15 is 0 Å². The van der Waals surface area contributed by atoms with Crippen molar-refractivity contribution < 1.29 is 23.1 Å². The number of carbonyl (C=O) groups is 1. The van der Waals surface area contributed by atoms with E-state index in [0.717, 1.165) is 12.8 Å². The van der Waals surface area contributed by atoms with Gasteiger partial charge in [0.2, 0.25) is 0 Å². The summed E-state index contributed by atoms with van der Waals surface area (Å²) in [5, 5.41) is 9.64. The first-order valence-corrected chi connectivity index (χ1v) is 8.78. The predicted molar refractivity (Wildman–Crippen MR) is 92.8 cm³/mol. The molecule has 1 N–H and O–H groups in total. The highest BCUT2D eigenvalue weighted by Gasteiger charge is 2.47. The number of nitrogens with zero attached hydrogens (tertiary/aromatic N) is 4. The van der Waals surface area contributed by atoms with Crippen LogP contribution in [0.1, 0.15) is 18.4 Å². The van der Waals surface area contributed by atoms with Crippen LogP contribution in [0.5, 0.6) is 0 Å². The number of rotatable bonds is 2. The van der Waals surface area contributed by atoms with Crippen LogP contribution >= 0.6 is 0 Å². The van der Waals surface area contributed by atoms with Gasteiger partial charge in [0.1, 0.15) is 12.1 Å². The van der Waals surface area contributed by atoms with E-state index in [4.69, 9.17) is 5.11 Å². The first-order chi connectivity index (χ1) is 12.7. The van der Waals surface area contributed by atoms with E-state index < -0.39 is 18.7 Å². The third-order valence-electron chi connectivity index (χ3n) is 5.53. The Morgan fingerprint density at radius 3 is 2.52 bits per heavy atom. The molecule has 2 fully saturated rings. The van der Waals surface area contributed by atoms with Crippen LogP contribution in [0.4, 0.5) is 23.8 Å². The zero-order valence-electron chi connectivity index (χ0n) is 14.5. The summed E-state index contributed by atoms with van der Waals surface area (Å²) in [6.07, 6.45) is -3.02. The molecule has 0 aliphatic carbocycles. The lowest BCUT2D eigenvalue weighted by atomic mass is 9.72. The Labute approximate surface area is 153 Å². The normalized spacial score (nSPS) is 19.4. The van der Waals surface area contributed by atoms with E-state index in [1.54, 1.807) is 6.07 Å². The number of carboxylic acid groups (broad SMARTS) is 1. The molecule has 1 amide bonds. The Balaban J connectivity index is 1.54. The highest BCUT2D eigenvalue weighted by atomic mass is 19.4. The lowest BCUT2D eigenvalue weighted by Gasteiger charge is -2.53. The molecule has 2 aliphatic heterocycles. The number of piperidine rings is 1. The third kappa shape index (κ3) is 3.50. The molecule has 3 heterocycles. The van der Waals surface area contributed by atoms with Crippen LogP contribution in [-0.4, -0.2) is 58.4 Å². The lowest BCUT2D eigenvalue weighted by molar-refractivity contribution is -0.127. The minimum atomic E-state index is -4.26. The fraction of sp³-hybridized carbons (Fsp3) is 0.500. The Bertz CT molecular complexity index is 871. The Kier molecular flexibility index (Phi) is 4.12. The van der Waals surface area contributed by atoms with Gasteiger partial charge >= 0.3 is 12.3 Å². The largest absolute Gasteiger partial charge is 0.465 e. The third-order valence-corrected chi connectivity index (χ3v) is 5.53. The van der Waals surface area contributed by atoms with Crippen molar-refractivity contribution in [2.75, 3.05) is 31.1 Å². The monoisotopic (exact) mass is 380 g/mol. The van der Waals surface area contributed by atoms with Crippen molar-refractivity contribution in [3.05, 3.63) is 30.1 Å². The van der Waals surface area contributed by atoms with E-state index in [1.165, 1.54) is 23.4 Å². The molecule has 0 unspecified atom stereocenters. The second-order valence-corrected chi connectivity index (χ2v) is 7.47. The van der Waals surface area contributed by atoms with E-state index in [9.17, 15) is 18.0 Å². The van der Waals surface area contributed by atoms with Crippen LogP contribution in [0.25, 0.3) is 10.9 Å². The number of aromatic nitrogens is 2. The second kappa shape index (κ2) is 6.24. The van der Waals surface area contributed by atoms with Gasteiger partial charge in [0, 0.05) is 37.0 Å². The molecule has 2 aliphatic rings. The van der Waals surface area contributed by atoms with Crippen molar-refractivity contribution in [3.8, 4) is 0 Å². The number of halogens is 3. The topological polar surface area (TPSA) is 69.6 Å². The first-order valence-electron chi connectivity index (χ1n) is 8.78. The summed E-state index contributed by atoms with van der Waals surface area (Å²) >= 11 is 0. The molecular formula is C18H19F3N4O2. The summed E-state index contributed by atoms with van der Waals surface area (Å²) in [5.41, 5.74) is 0.835. The van der Waals surface area contributed by atoms with Crippen molar-refractivity contribution in [2.24, 2.45) is 5.41 Å². The maximum absolute atomic E-state index is 12.7. The van der Waals surface area contributed by atoms with Gasteiger partial charge < -0.3 is 14.9 Å². The van der Waals surface area contributed by atoms with Crippen LogP contribution in [0.3, 0.4) is 0 Å². The number of alkyl halides is 3. The van der Waals surface area contributed by atoms with E-state index in [0.29, 0.717) is 42.9 Å². The second-order valence-electron chi connectivity index (χ2n) is 7.47. The van der Waals surface area contributed by atoms with Crippen molar-refractivity contribution in [1.82, 2.24) is 14.9 Å². The minimum Gasteiger partial charge on any atom is -0.465 e. The van der Waals surface area contributed by atoms with Gasteiger partial charge in [-0.15, -0.1) is 0 Å². The van der Waals surface area contributed by atoms with Crippen LogP contribution in [0.2, 0.25) is 0 Å². The summed E-state index contributed by atoms with van der Waals surface area (Å²) < 4.78 is 38.2. The predicted octanol–water partition coefficient (Wildman–Crippen LogP) is 3.31. The molecule has 9 heteroatoms. The Morgan fingerprint density at radius 1 is 1.19 bits per heavy atom. The first kappa shape index (κ1) is 17.8. The average Bonchev–Trinajstić information content (AvgIpc) is 2.58. The zero-order valence-corrected chi connectivity index (χ0v) is 14.5. The molecule has 0 radical (unpaired) electrons. The van der Waals surface area contributed by atoms with Crippen molar-refractivity contribution in [1.29, 1.82) is 0 Å². The summed E-state index contributed by atoms with van der Waals surface area (Å²) in [6, 6.07) is 4.58. The number of benzene rings is 1. The summed E-state index contributed by atoms with van der Waals surface area (Å²) in [4.78, 5) is 23.0. The van der Waals surface area contributed by atoms with Crippen LogP contribution < -0.4 is 4.90 Å². The molecule has 0 bridgehead atoms. The molecule has 2 saturated heterocycles. The van der Waals surface area contributed by atoms with Gasteiger partial charge in [-0.3, -0.25) is 0 Å². The van der Waals surface area contributed by atoms with Crippen molar-refractivity contribution in [2.45, 2.75) is 25.4 Å². The standard InChI is InChI=1S/C18H19F3N4O2/c19-18(20,21)8-12-1-2-14-13(7-12)15(23-11-22-14)24-5-3-17(4-6-24)9-25(10-17)16(26)27/h1-2,7,11H,3-6,8-10H2,(H,26,27). The van der Waals surface area contributed by atoms with E-state index in [2.05, 4.69) is 14.9 Å². The quantitative estimate of drug-likeness (QED) is 0.866. The van der Waals surface area contributed by atoms with Gasteiger partial charge in [-0.25, -0.2) is 14.8 Å². The molecule has 0 atom stereocenters. The van der Waals surface area contributed by atoms with Crippen molar-refractivity contribution in [3.63, 3.8) is 0 Å². The molecule has 1 aromatic carbocycles. The minimum absolute atomic E-state index is 0.0270. The summed E-state index contributed by atoms with van der Waals surface area (Å²) in [5.74, 6) is 0.647. The van der Waals surface area contributed by atoms with Gasteiger partial charge in [0.25, 0.3) is 0 Å². The molecule has 1 aromatic heterocycles. The average molecular weight is 380 g/mol. The van der Waals surface area contributed by atoms with Gasteiger partial charge in [-0.2, -0.15) is 13.2 Å². The number of anilines is 1. The van der Waals surface area contributed by atoms with E-state index in [-0.39, 0.29) is 11.0 Å². The number of hydrogen-bond acceptors (Lipinski definition) is 4. The number of likely N-dealkylation sites (tertiary alicyclic amines) is 1. The van der Waals surface area contributed by atoms with Gasteiger partial charge in [0.05, 0.1) is 11.9 Å². The molecule has 27 heavy (non-hydrogen) atoms. The molecule has 0 saturated carbocycles. The molecule has 4 rings (SSSR count). The fourth-order valence-corrected chi connectivity index (χ4v) is 4.09.